The highest BCUT2D eigenvalue weighted by Crippen LogP contribution is 2.60. The van der Waals surface area contributed by atoms with E-state index in [9.17, 15) is 10.2 Å². The normalized spacial score (nSPS) is 21.1. The second kappa shape index (κ2) is 4.68. The minimum Gasteiger partial charge on any atom is -0.494 e. The SMILES string of the molecule is CC(C)=C1C2C=CC1c1c2c(O)n(-c2cccc(Cl)c2C)c1O. The highest BCUT2D eigenvalue weighted by Gasteiger charge is 2.45. The predicted octanol–water partition coefficient (Wildman–Crippen LogP) is 4.94. The third-order valence-corrected chi connectivity index (χ3v) is 5.45. The summed E-state index contributed by atoms with van der Waals surface area (Å²) in [6, 6.07) is 5.48. The zero-order chi connectivity index (χ0) is 16.5. The maximum atomic E-state index is 10.8. The first-order chi connectivity index (χ1) is 10.9. The van der Waals surface area contributed by atoms with Crippen molar-refractivity contribution in [2.24, 2.45) is 0 Å². The number of hydrogen-bond acceptors (Lipinski definition) is 2. The zero-order valence-corrected chi connectivity index (χ0v) is 14.0. The van der Waals surface area contributed by atoms with Crippen molar-refractivity contribution in [3.63, 3.8) is 0 Å². The van der Waals surface area contributed by atoms with Gasteiger partial charge in [-0.15, -0.1) is 0 Å². The molecule has 2 atom stereocenters. The van der Waals surface area contributed by atoms with Crippen LogP contribution in [0.4, 0.5) is 0 Å². The summed E-state index contributed by atoms with van der Waals surface area (Å²) >= 11 is 6.20. The average Bonchev–Trinajstić information content (AvgIpc) is 3.13. The lowest BCUT2D eigenvalue weighted by molar-refractivity contribution is 0.397. The standard InChI is InChI=1S/C19H18ClNO2/c1-9(2)15-11-7-8-12(15)17-16(11)18(22)21(19(17)23)14-6-4-5-13(20)10(14)3/h4-8,11-12,22-23H,1-3H3. The summed E-state index contributed by atoms with van der Waals surface area (Å²) in [5.41, 5.74) is 5.70. The summed E-state index contributed by atoms with van der Waals surface area (Å²) in [6.07, 6.45) is 4.23. The number of aromatic nitrogens is 1. The number of allylic oxidation sites excluding steroid dienone is 4. The molecule has 2 N–H and O–H groups in total. The molecule has 2 aliphatic rings. The van der Waals surface area contributed by atoms with Crippen LogP contribution < -0.4 is 0 Å². The third kappa shape index (κ3) is 1.71. The fourth-order valence-corrected chi connectivity index (χ4v) is 4.18. The Balaban J connectivity index is 1.99. The van der Waals surface area contributed by atoms with Crippen LogP contribution in [0.15, 0.2) is 41.5 Å². The van der Waals surface area contributed by atoms with E-state index in [0.717, 1.165) is 16.7 Å². The van der Waals surface area contributed by atoms with E-state index in [1.54, 1.807) is 6.07 Å². The Morgan fingerprint density at radius 1 is 1.04 bits per heavy atom. The van der Waals surface area contributed by atoms with Crippen molar-refractivity contribution in [2.45, 2.75) is 32.6 Å². The van der Waals surface area contributed by atoms with Crippen LogP contribution in [-0.4, -0.2) is 14.8 Å². The summed E-state index contributed by atoms with van der Waals surface area (Å²) in [7, 11) is 0. The van der Waals surface area contributed by atoms with Gasteiger partial charge in [-0.25, -0.2) is 0 Å². The first-order valence-electron chi connectivity index (χ1n) is 7.71. The molecule has 2 aromatic rings. The van der Waals surface area contributed by atoms with Crippen LogP contribution >= 0.6 is 11.6 Å². The molecule has 2 unspecified atom stereocenters. The Bertz CT molecular complexity index is 861. The van der Waals surface area contributed by atoms with Crippen molar-refractivity contribution in [1.29, 1.82) is 0 Å². The van der Waals surface area contributed by atoms with Crippen LogP contribution in [0.1, 0.15) is 42.4 Å². The zero-order valence-electron chi connectivity index (χ0n) is 13.3. The molecule has 4 heteroatoms. The molecule has 2 bridgehead atoms. The van der Waals surface area contributed by atoms with Crippen LogP contribution in [0.3, 0.4) is 0 Å². The lowest BCUT2D eigenvalue weighted by Gasteiger charge is -2.15. The Labute approximate surface area is 140 Å². The van der Waals surface area contributed by atoms with E-state index in [1.165, 1.54) is 15.7 Å². The predicted molar refractivity (Wildman–Crippen MR) is 91.8 cm³/mol. The molecule has 0 radical (unpaired) electrons. The van der Waals surface area contributed by atoms with Crippen molar-refractivity contribution in [3.8, 4) is 17.4 Å². The fraction of sp³-hybridized carbons (Fsp3) is 0.263. The molecule has 0 saturated carbocycles. The van der Waals surface area contributed by atoms with E-state index < -0.39 is 0 Å². The minimum absolute atomic E-state index is 0.0617. The van der Waals surface area contributed by atoms with Crippen LogP contribution in [0, 0.1) is 6.92 Å². The van der Waals surface area contributed by atoms with Gasteiger partial charge in [0.15, 0.2) is 0 Å². The van der Waals surface area contributed by atoms with Crippen LogP contribution in [0.2, 0.25) is 5.02 Å². The highest BCUT2D eigenvalue weighted by atomic mass is 35.5. The van der Waals surface area contributed by atoms with E-state index >= 15 is 0 Å². The topological polar surface area (TPSA) is 45.4 Å². The molecule has 4 rings (SSSR count). The molecule has 0 saturated heterocycles. The molecule has 0 amide bonds. The summed E-state index contributed by atoms with van der Waals surface area (Å²) in [5, 5.41) is 22.3. The molecule has 1 aromatic carbocycles. The van der Waals surface area contributed by atoms with E-state index in [-0.39, 0.29) is 23.6 Å². The first-order valence-corrected chi connectivity index (χ1v) is 8.08. The number of aromatic hydroxyl groups is 2. The van der Waals surface area contributed by atoms with Crippen molar-refractivity contribution in [1.82, 2.24) is 4.57 Å². The van der Waals surface area contributed by atoms with Gasteiger partial charge in [0.05, 0.1) is 5.69 Å². The van der Waals surface area contributed by atoms with Gasteiger partial charge in [-0.2, -0.15) is 0 Å². The number of benzene rings is 1. The second-order valence-corrected chi connectivity index (χ2v) is 6.90. The van der Waals surface area contributed by atoms with Gasteiger partial charge in [0.2, 0.25) is 11.8 Å². The maximum absolute atomic E-state index is 10.8. The van der Waals surface area contributed by atoms with E-state index in [1.807, 2.05) is 19.1 Å². The van der Waals surface area contributed by atoms with E-state index in [0.29, 0.717) is 10.7 Å². The Morgan fingerprint density at radius 3 is 2.13 bits per heavy atom. The number of nitrogens with zero attached hydrogens (tertiary/aromatic N) is 1. The average molecular weight is 328 g/mol. The minimum atomic E-state index is 0.0617. The molecule has 118 valence electrons. The molecule has 1 heterocycles. The molecular formula is C19H18ClNO2. The van der Waals surface area contributed by atoms with Crippen molar-refractivity contribution >= 4 is 11.6 Å². The summed E-state index contributed by atoms with van der Waals surface area (Å²) < 4.78 is 1.51. The molecule has 0 aliphatic heterocycles. The number of halogens is 1. The van der Waals surface area contributed by atoms with Crippen LogP contribution in [0.25, 0.3) is 5.69 Å². The molecule has 3 nitrogen and oxygen atoms in total. The highest BCUT2D eigenvalue weighted by molar-refractivity contribution is 6.31. The van der Waals surface area contributed by atoms with E-state index in [4.69, 9.17) is 11.6 Å². The monoisotopic (exact) mass is 327 g/mol. The van der Waals surface area contributed by atoms with Crippen molar-refractivity contribution in [3.05, 3.63) is 63.2 Å². The molecule has 1 aromatic heterocycles. The van der Waals surface area contributed by atoms with Gasteiger partial charge in [0, 0.05) is 28.0 Å². The quantitative estimate of drug-likeness (QED) is 0.729. The maximum Gasteiger partial charge on any atom is 0.203 e. The number of rotatable bonds is 1. The first kappa shape index (κ1) is 14.5. The largest absolute Gasteiger partial charge is 0.494 e. The molecule has 0 fully saturated rings. The van der Waals surface area contributed by atoms with Crippen molar-refractivity contribution < 1.29 is 10.2 Å². The molecular weight excluding hydrogens is 310 g/mol. The molecule has 2 aliphatic carbocycles. The molecule has 23 heavy (non-hydrogen) atoms. The van der Waals surface area contributed by atoms with Crippen LogP contribution in [-0.2, 0) is 0 Å². The van der Waals surface area contributed by atoms with Gasteiger partial charge >= 0.3 is 0 Å². The van der Waals surface area contributed by atoms with E-state index in [2.05, 4.69) is 26.0 Å². The van der Waals surface area contributed by atoms with Gasteiger partial charge in [0.25, 0.3) is 0 Å². The Hall–Kier alpha value is -2.13. The van der Waals surface area contributed by atoms with Gasteiger partial charge in [0.1, 0.15) is 0 Å². The van der Waals surface area contributed by atoms with Crippen LogP contribution in [0.5, 0.6) is 11.8 Å². The smallest absolute Gasteiger partial charge is 0.203 e. The van der Waals surface area contributed by atoms with Gasteiger partial charge in [-0.3, -0.25) is 4.57 Å². The van der Waals surface area contributed by atoms with Gasteiger partial charge in [-0.05, 0) is 44.0 Å². The Kier molecular flexibility index (Phi) is 2.94. The van der Waals surface area contributed by atoms with Gasteiger partial charge < -0.3 is 10.2 Å². The van der Waals surface area contributed by atoms with Gasteiger partial charge in [-0.1, -0.05) is 35.4 Å². The third-order valence-electron chi connectivity index (χ3n) is 5.04. The lowest BCUT2D eigenvalue weighted by atomic mass is 9.97. The fourth-order valence-electron chi connectivity index (χ4n) is 4.01. The summed E-state index contributed by atoms with van der Waals surface area (Å²) in [4.78, 5) is 0. The lowest BCUT2D eigenvalue weighted by Crippen LogP contribution is -2.00. The Morgan fingerprint density at radius 2 is 1.61 bits per heavy atom. The number of fused-ring (bicyclic) bond motifs is 5. The van der Waals surface area contributed by atoms with Crippen molar-refractivity contribution in [2.75, 3.05) is 0 Å². The summed E-state index contributed by atoms with van der Waals surface area (Å²) in [6.45, 7) is 6.05. The second-order valence-electron chi connectivity index (χ2n) is 6.49. The number of hydrogen-bond donors (Lipinski definition) is 2. The summed E-state index contributed by atoms with van der Waals surface area (Å²) in [5.74, 6) is 0.343. The molecule has 0 spiro atoms.